The highest BCUT2D eigenvalue weighted by atomic mass is 32.2. The maximum absolute atomic E-state index is 3.69. The average molecular weight is 272 g/mol. The topological polar surface area (TPSA) is 12.0 Å². The van der Waals surface area contributed by atoms with Gasteiger partial charge in [-0.2, -0.15) is 11.8 Å². The first-order valence-corrected chi connectivity index (χ1v) is 9.16. The summed E-state index contributed by atoms with van der Waals surface area (Å²) in [6.45, 7) is 8.08. The Labute approximate surface area is 119 Å². The van der Waals surface area contributed by atoms with Crippen molar-refractivity contribution in [2.24, 2.45) is 5.92 Å². The molecule has 2 heteroatoms. The van der Waals surface area contributed by atoms with Crippen molar-refractivity contribution in [1.82, 2.24) is 5.32 Å². The molecule has 1 saturated carbocycles. The third kappa shape index (κ3) is 7.04. The molecule has 0 amide bonds. The molecule has 1 aliphatic carbocycles. The molecule has 0 aromatic heterocycles. The number of rotatable bonds is 9. The van der Waals surface area contributed by atoms with Crippen molar-refractivity contribution in [3.05, 3.63) is 0 Å². The Morgan fingerprint density at radius 3 is 2.50 bits per heavy atom. The molecule has 108 valence electrons. The van der Waals surface area contributed by atoms with Crippen molar-refractivity contribution in [3.63, 3.8) is 0 Å². The van der Waals surface area contributed by atoms with Gasteiger partial charge in [-0.25, -0.2) is 0 Å². The summed E-state index contributed by atoms with van der Waals surface area (Å²) in [6.07, 6.45) is 11.4. The number of hydrogen-bond donors (Lipinski definition) is 1. The van der Waals surface area contributed by atoms with Gasteiger partial charge in [-0.3, -0.25) is 0 Å². The molecule has 18 heavy (non-hydrogen) atoms. The minimum Gasteiger partial charge on any atom is -0.313 e. The molecule has 0 aromatic carbocycles. The number of hydrogen-bond acceptors (Lipinski definition) is 2. The molecule has 0 spiro atoms. The van der Waals surface area contributed by atoms with E-state index in [0.29, 0.717) is 0 Å². The van der Waals surface area contributed by atoms with Crippen molar-refractivity contribution >= 4 is 11.8 Å². The second kappa shape index (κ2) is 10.1. The molecule has 2 unspecified atom stereocenters. The lowest BCUT2D eigenvalue weighted by Crippen LogP contribution is -2.33. The summed E-state index contributed by atoms with van der Waals surface area (Å²) in [7, 11) is 0. The Morgan fingerprint density at radius 1 is 1.17 bits per heavy atom. The zero-order chi connectivity index (χ0) is 13.2. The molecule has 0 radical (unpaired) electrons. The maximum Gasteiger partial charge on any atom is 0.0160 e. The summed E-state index contributed by atoms with van der Waals surface area (Å²) < 4.78 is 0. The normalized spacial score (nSPS) is 20.8. The van der Waals surface area contributed by atoms with Gasteiger partial charge in [0.1, 0.15) is 0 Å². The molecule has 1 aliphatic rings. The number of nitrogens with one attached hydrogen (secondary N) is 1. The second-order valence-corrected chi connectivity index (χ2v) is 7.31. The molecular weight excluding hydrogens is 238 g/mol. The highest BCUT2D eigenvalue weighted by Gasteiger charge is 2.17. The van der Waals surface area contributed by atoms with Gasteiger partial charge < -0.3 is 5.32 Å². The van der Waals surface area contributed by atoms with Gasteiger partial charge in [0, 0.05) is 17.0 Å². The predicted octanol–water partition coefficient (Wildman–Crippen LogP) is 4.86. The van der Waals surface area contributed by atoms with Gasteiger partial charge in [0.25, 0.3) is 0 Å². The fraction of sp³-hybridized carbons (Fsp3) is 1.00. The van der Waals surface area contributed by atoms with Crippen molar-refractivity contribution in [3.8, 4) is 0 Å². The lowest BCUT2D eigenvalue weighted by Gasteiger charge is -2.26. The lowest BCUT2D eigenvalue weighted by molar-refractivity contribution is 0.408. The molecule has 0 bridgehead atoms. The fourth-order valence-electron chi connectivity index (χ4n) is 3.08. The molecule has 1 fully saturated rings. The van der Waals surface area contributed by atoms with Crippen LogP contribution in [0.5, 0.6) is 0 Å². The van der Waals surface area contributed by atoms with Gasteiger partial charge in [0.2, 0.25) is 0 Å². The zero-order valence-electron chi connectivity index (χ0n) is 12.7. The molecule has 2 atom stereocenters. The van der Waals surface area contributed by atoms with Crippen molar-refractivity contribution in [1.29, 1.82) is 0 Å². The van der Waals surface area contributed by atoms with E-state index in [0.717, 1.165) is 23.8 Å². The van der Waals surface area contributed by atoms with Crippen LogP contribution in [0.1, 0.15) is 72.1 Å². The van der Waals surface area contributed by atoms with Crippen molar-refractivity contribution in [2.45, 2.75) is 83.4 Å². The van der Waals surface area contributed by atoms with Crippen LogP contribution in [0.4, 0.5) is 0 Å². The Kier molecular flexibility index (Phi) is 9.22. The molecule has 1 N–H and O–H groups in total. The summed E-state index contributed by atoms with van der Waals surface area (Å²) in [4.78, 5) is 0. The van der Waals surface area contributed by atoms with Gasteiger partial charge in [-0.15, -0.1) is 0 Å². The monoisotopic (exact) mass is 271 g/mol. The first kappa shape index (κ1) is 16.4. The SMILES string of the molecule is CCCC(C)CC(CSC1CCCCC1)NCC. The Hall–Kier alpha value is 0.310. The van der Waals surface area contributed by atoms with Crippen LogP contribution in [-0.2, 0) is 0 Å². The predicted molar refractivity (Wildman–Crippen MR) is 85.5 cm³/mol. The minimum atomic E-state index is 0.739. The molecule has 1 nitrogen and oxygen atoms in total. The standard InChI is InChI=1S/C16H33NS/c1-4-9-14(3)12-15(17-5-2)13-18-16-10-7-6-8-11-16/h14-17H,4-13H2,1-3H3. The van der Waals surface area contributed by atoms with E-state index in [1.54, 1.807) is 0 Å². The van der Waals surface area contributed by atoms with Gasteiger partial charge in [0.05, 0.1) is 0 Å². The van der Waals surface area contributed by atoms with Crippen LogP contribution >= 0.6 is 11.8 Å². The quantitative estimate of drug-likeness (QED) is 0.643. The van der Waals surface area contributed by atoms with Crippen LogP contribution in [0, 0.1) is 5.92 Å². The molecule has 0 aromatic rings. The third-order valence-corrected chi connectivity index (χ3v) is 5.58. The average Bonchev–Trinajstić information content (AvgIpc) is 2.38. The fourth-order valence-corrected chi connectivity index (χ4v) is 4.50. The molecule has 0 aliphatic heterocycles. The van der Waals surface area contributed by atoms with Crippen LogP contribution in [0.2, 0.25) is 0 Å². The first-order valence-electron chi connectivity index (χ1n) is 8.11. The summed E-state index contributed by atoms with van der Waals surface area (Å²) in [5.41, 5.74) is 0. The highest BCUT2D eigenvalue weighted by Crippen LogP contribution is 2.29. The van der Waals surface area contributed by atoms with Crippen molar-refractivity contribution < 1.29 is 0 Å². The Balaban J connectivity index is 2.23. The first-order chi connectivity index (χ1) is 8.76. The van der Waals surface area contributed by atoms with E-state index in [2.05, 4.69) is 37.8 Å². The third-order valence-electron chi connectivity index (χ3n) is 4.05. The van der Waals surface area contributed by atoms with E-state index < -0.39 is 0 Å². The van der Waals surface area contributed by atoms with E-state index in [1.807, 2.05) is 0 Å². The van der Waals surface area contributed by atoms with Crippen molar-refractivity contribution in [2.75, 3.05) is 12.3 Å². The van der Waals surface area contributed by atoms with E-state index in [4.69, 9.17) is 0 Å². The molecule has 1 rings (SSSR count). The van der Waals surface area contributed by atoms with E-state index >= 15 is 0 Å². The molecule has 0 heterocycles. The van der Waals surface area contributed by atoms with Crippen LogP contribution in [0.3, 0.4) is 0 Å². The zero-order valence-corrected chi connectivity index (χ0v) is 13.5. The van der Waals surface area contributed by atoms with Crippen LogP contribution in [-0.4, -0.2) is 23.6 Å². The maximum atomic E-state index is 3.69. The Morgan fingerprint density at radius 2 is 1.89 bits per heavy atom. The van der Waals surface area contributed by atoms with Gasteiger partial charge in [-0.1, -0.05) is 52.9 Å². The number of thioether (sulfide) groups is 1. The highest BCUT2D eigenvalue weighted by molar-refractivity contribution is 7.99. The van der Waals surface area contributed by atoms with Crippen LogP contribution < -0.4 is 5.32 Å². The van der Waals surface area contributed by atoms with E-state index in [9.17, 15) is 0 Å². The summed E-state index contributed by atoms with van der Waals surface area (Å²) in [5.74, 6) is 2.21. The molecule has 0 saturated heterocycles. The molecular formula is C16H33NS. The summed E-state index contributed by atoms with van der Waals surface area (Å²) >= 11 is 2.24. The summed E-state index contributed by atoms with van der Waals surface area (Å²) in [5, 5.41) is 4.65. The van der Waals surface area contributed by atoms with Gasteiger partial charge in [-0.05, 0) is 31.7 Å². The van der Waals surface area contributed by atoms with Crippen LogP contribution in [0.15, 0.2) is 0 Å². The smallest absolute Gasteiger partial charge is 0.0160 e. The van der Waals surface area contributed by atoms with Gasteiger partial charge >= 0.3 is 0 Å². The lowest BCUT2D eigenvalue weighted by atomic mass is 9.98. The van der Waals surface area contributed by atoms with E-state index in [1.165, 1.54) is 57.1 Å². The van der Waals surface area contributed by atoms with Crippen LogP contribution in [0.25, 0.3) is 0 Å². The Bertz CT molecular complexity index is 190. The van der Waals surface area contributed by atoms with E-state index in [-0.39, 0.29) is 0 Å². The minimum absolute atomic E-state index is 0.739. The second-order valence-electron chi connectivity index (χ2n) is 5.98. The largest absolute Gasteiger partial charge is 0.313 e. The van der Waals surface area contributed by atoms with Gasteiger partial charge in [0.15, 0.2) is 0 Å². The summed E-state index contributed by atoms with van der Waals surface area (Å²) in [6, 6.07) is 0.739.